The zero-order chi connectivity index (χ0) is 8.48. The van der Waals surface area contributed by atoms with Crippen LogP contribution in [0.1, 0.15) is 40.5 Å². The van der Waals surface area contributed by atoms with Crippen LogP contribution in [0, 0.1) is 11.3 Å². The summed E-state index contributed by atoms with van der Waals surface area (Å²) in [4.78, 5) is 0. The van der Waals surface area contributed by atoms with Crippen LogP contribution in [-0.4, -0.2) is 12.6 Å². The molecule has 1 N–H and O–H groups in total. The van der Waals surface area contributed by atoms with Gasteiger partial charge in [-0.1, -0.05) is 27.7 Å². The standard InChI is InChI=1S/C8H15N.C2H6/c1-8(2)4-7-3-6(8)5-9-7;1-2/h6-7,9H,3-5H2,1-2H3;1-2H3. The molecule has 0 aromatic carbocycles. The molecule has 11 heavy (non-hydrogen) atoms. The number of rotatable bonds is 0. The average molecular weight is 155 g/mol. The minimum atomic E-state index is 0.649. The molecule has 2 atom stereocenters. The van der Waals surface area contributed by atoms with E-state index in [9.17, 15) is 0 Å². The lowest BCUT2D eigenvalue weighted by Crippen LogP contribution is -2.34. The molecule has 1 nitrogen and oxygen atoms in total. The third-order valence-electron chi connectivity index (χ3n) is 3.10. The van der Waals surface area contributed by atoms with Gasteiger partial charge in [-0.15, -0.1) is 0 Å². The molecule has 2 bridgehead atoms. The molecular formula is C10H21N. The Morgan fingerprint density at radius 1 is 1.27 bits per heavy atom. The Kier molecular flexibility index (Phi) is 2.58. The molecule has 1 saturated carbocycles. The van der Waals surface area contributed by atoms with Crippen LogP contribution in [0.4, 0.5) is 0 Å². The molecule has 66 valence electrons. The lowest BCUT2D eigenvalue weighted by Gasteiger charge is -2.29. The summed E-state index contributed by atoms with van der Waals surface area (Å²) in [5.74, 6) is 0.975. The summed E-state index contributed by atoms with van der Waals surface area (Å²) in [6, 6.07) is 0.866. The van der Waals surface area contributed by atoms with E-state index in [1.54, 1.807) is 0 Å². The first-order valence-corrected chi connectivity index (χ1v) is 4.92. The molecule has 0 aromatic heterocycles. The number of hydrogen-bond acceptors (Lipinski definition) is 1. The van der Waals surface area contributed by atoms with Gasteiger partial charge in [0.25, 0.3) is 0 Å². The minimum absolute atomic E-state index is 0.649. The zero-order valence-electron chi connectivity index (χ0n) is 8.28. The molecule has 2 unspecified atom stereocenters. The average Bonchev–Trinajstić information content (AvgIpc) is 2.49. The molecule has 2 aliphatic rings. The smallest absolute Gasteiger partial charge is 0.00756 e. The fraction of sp³-hybridized carbons (Fsp3) is 1.00. The topological polar surface area (TPSA) is 12.0 Å². The largest absolute Gasteiger partial charge is 0.314 e. The van der Waals surface area contributed by atoms with Gasteiger partial charge in [-0.05, 0) is 30.7 Å². The minimum Gasteiger partial charge on any atom is -0.314 e. The van der Waals surface area contributed by atoms with Crippen molar-refractivity contribution in [2.24, 2.45) is 11.3 Å². The summed E-state index contributed by atoms with van der Waals surface area (Å²) < 4.78 is 0. The van der Waals surface area contributed by atoms with Crippen LogP contribution in [0.25, 0.3) is 0 Å². The van der Waals surface area contributed by atoms with Crippen molar-refractivity contribution in [3.05, 3.63) is 0 Å². The highest BCUT2D eigenvalue weighted by atomic mass is 15.0. The van der Waals surface area contributed by atoms with Crippen LogP contribution in [0.5, 0.6) is 0 Å². The number of fused-ring (bicyclic) bond motifs is 2. The van der Waals surface area contributed by atoms with E-state index < -0.39 is 0 Å². The van der Waals surface area contributed by atoms with Crippen molar-refractivity contribution < 1.29 is 0 Å². The molecule has 2 rings (SSSR count). The van der Waals surface area contributed by atoms with Gasteiger partial charge in [0, 0.05) is 6.04 Å². The predicted molar refractivity (Wildman–Crippen MR) is 49.6 cm³/mol. The van der Waals surface area contributed by atoms with E-state index in [0.29, 0.717) is 5.41 Å². The Morgan fingerprint density at radius 3 is 2.09 bits per heavy atom. The second-order valence-electron chi connectivity index (χ2n) is 4.23. The van der Waals surface area contributed by atoms with E-state index in [4.69, 9.17) is 0 Å². The molecule has 0 radical (unpaired) electrons. The molecule has 2 fully saturated rings. The number of nitrogens with one attached hydrogen (secondary N) is 1. The van der Waals surface area contributed by atoms with Gasteiger partial charge in [-0.25, -0.2) is 0 Å². The maximum absolute atomic E-state index is 3.51. The molecule has 0 aromatic rings. The number of piperidine rings is 1. The monoisotopic (exact) mass is 155 g/mol. The van der Waals surface area contributed by atoms with E-state index in [1.165, 1.54) is 19.4 Å². The Labute approximate surface area is 70.6 Å². The molecule has 0 spiro atoms. The molecule has 1 aliphatic heterocycles. The van der Waals surface area contributed by atoms with Gasteiger partial charge in [0.15, 0.2) is 0 Å². The SMILES string of the molecule is CC.CC1(C)CC2CC1CN2. The lowest BCUT2D eigenvalue weighted by molar-refractivity contribution is 0.232. The maximum Gasteiger partial charge on any atom is 0.00756 e. The number of hydrogen-bond donors (Lipinski definition) is 1. The second-order valence-corrected chi connectivity index (χ2v) is 4.23. The Morgan fingerprint density at radius 2 is 1.91 bits per heavy atom. The highest BCUT2D eigenvalue weighted by Gasteiger charge is 2.44. The van der Waals surface area contributed by atoms with Crippen molar-refractivity contribution >= 4 is 0 Å². The van der Waals surface area contributed by atoms with Crippen molar-refractivity contribution in [2.75, 3.05) is 6.54 Å². The predicted octanol–water partition coefficient (Wildman–Crippen LogP) is 2.42. The third-order valence-corrected chi connectivity index (χ3v) is 3.10. The van der Waals surface area contributed by atoms with Gasteiger partial charge in [-0.3, -0.25) is 0 Å². The van der Waals surface area contributed by atoms with Crippen LogP contribution >= 0.6 is 0 Å². The summed E-state index contributed by atoms with van der Waals surface area (Å²) in [6.07, 6.45) is 2.84. The Balaban J connectivity index is 0.000000281. The van der Waals surface area contributed by atoms with Crippen LogP contribution in [0.15, 0.2) is 0 Å². The highest BCUT2D eigenvalue weighted by molar-refractivity contribution is 4.99. The van der Waals surface area contributed by atoms with Crippen molar-refractivity contribution in [3.8, 4) is 0 Å². The first-order chi connectivity index (χ1) is 5.18. The Hall–Kier alpha value is -0.0400. The summed E-state index contributed by atoms with van der Waals surface area (Å²) in [5.41, 5.74) is 0.649. The second kappa shape index (κ2) is 3.14. The first-order valence-electron chi connectivity index (χ1n) is 4.92. The summed E-state index contributed by atoms with van der Waals surface area (Å²) in [6.45, 7) is 10.1. The zero-order valence-corrected chi connectivity index (χ0v) is 8.28. The van der Waals surface area contributed by atoms with Crippen molar-refractivity contribution in [1.82, 2.24) is 5.32 Å². The Bertz CT molecular complexity index is 129. The van der Waals surface area contributed by atoms with Crippen LogP contribution in [0.2, 0.25) is 0 Å². The van der Waals surface area contributed by atoms with Crippen LogP contribution < -0.4 is 5.32 Å². The fourth-order valence-corrected chi connectivity index (χ4v) is 2.37. The first kappa shape index (κ1) is 9.05. The highest BCUT2D eigenvalue weighted by Crippen LogP contribution is 2.45. The van der Waals surface area contributed by atoms with Crippen molar-refractivity contribution in [1.29, 1.82) is 0 Å². The molecule has 0 amide bonds. The van der Waals surface area contributed by atoms with Crippen LogP contribution in [-0.2, 0) is 0 Å². The lowest BCUT2D eigenvalue weighted by atomic mass is 9.81. The van der Waals surface area contributed by atoms with Crippen LogP contribution in [0.3, 0.4) is 0 Å². The molecule has 1 heteroatoms. The molecular weight excluding hydrogens is 134 g/mol. The van der Waals surface area contributed by atoms with Gasteiger partial charge >= 0.3 is 0 Å². The van der Waals surface area contributed by atoms with Gasteiger partial charge < -0.3 is 5.32 Å². The molecule has 1 heterocycles. The summed E-state index contributed by atoms with van der Waals surface area (Å²) in [7, 11) is 0. The van der Waals surface area contributed by atoms with E-state index in [-0.39, 0.29) is 0 Å². The third kappa shape index (κ3) is 1.58. The van der Waals surface area contributed by atoms with Gasteiger partial charge in [-0.2, -0.15) is 0 Å². The molecule has 1 saturated heterocycles. The quantitative estimate of drug-likeness (QED) is 0.566. The summed E-state index contributed by atoms with van der Waals surface area (Å²) >= 11 is 0. The summed E-state index contributed by atoms with van der Waals surface area (Å²) in [5, 5.41) is 3.51. The normalized spacial score (nSPS) is 38.2. The van der Waals surface area contributed by atoms with Crippen molar-refractivity contribution in [3.63, 3.8) is 0 Å². The van der Waals surface area contributed by atoms with Gasteiger partial charge in [0.05, 0.1) is 0 Å². The van der Waals surface area contributed by atoms with Crippen molar-refractivity contribution in [2.45, 2.75) is 46.6 Å². The van der Waals surface area contributed by atoms with E-state index in [1.807, 2.05) is 13.8 Å². The molecule has 1 aliphatic carbocycles. The van der Waals surface area contributed by atoms with Gasteiger partial charge in [0.1, 0.15) is 0 Å². The maximum atomic E-state index is 3.51. The van der Waals surface area contributed by atoms with Gasteiger partial charge in [0.2, 0.25) is 0 Å². The van der Waals surface area contributed by atoms with E-state index >= 15 is 0 Å². The van der Waals surface area contributed by atoms with E-state index in [2.05, 4.69) is 19.2 Å². The fourth-order valence-electron chi connectivity index (χ4n) is 2.37. The van der Waals surface area contributed by atoms with E-state index in [0.717, 1.165) is 12.0 Å².